The Bertz CT molecular complexity index is 745. The summed E-state index contributed by atoms with van der Waals surface area (Å²) in [6.45, 7) is 2.04. The molecule has 2 atom stereocenters. The lowest BCUT2D eigenvalue weighted by Crippen LogP contribution is -2.23. The molecule has 4 heteroatoms. The molecule has 128 valence electrons. The predicted molar refractivity (Wildman–Crippen MR) is 91.5 cm³/mol. The molecule has 3 rings (SSSR count). The second-order valence-electron chi connectivity index (χ2n) is 6.49. The second kappa shape index (κ2) is 6.89. The molecule has 0 saturated carbocycles. The van der Waals surface area contributed by atoms with Crippen LogP contribution in [-0.2, 0) is 12.8 Å². The molecule has 1 aliphatic rings. The number of halogens is 2. The lowest BCUT2D eigenvalue weighted by molar-refractivity contribution is 0.414. The van der Waals surface area contributed by atoms with Crippen LogP contribution in [0.3, 0.4) is 0 Å². The van der Waals surface area contributed by atoms with Gasteiger partial charge in [-0.2, -0.15) is 0 Å². The van der Waals surface area contributed by atoms with Crippen LogP contribution in [0.1, 0.15) is 47.9 Å². The van der Waals surface area contributed by atoms with E-state index in [2.05, 4.69) is 0 Å². The van der Waals surface area contributed by atoms with Gasteiger partial charge in [-0.1, -0.05) is 13.0 Å². The molecule has 0 heterocycles. The second-order valence-corrected chi connectivity index (χ2v) is 6.49. The molecule has 0 spiro atoms. The Kier molecular flexibility index (Phi) is 4.86. The van der Waals surface area contributed by atoms with Crippen LogP contribution in [0.15, 0.2) is 30.3 Å². The van der Waals surface area contributed by atoms with E-state index in [0.717, 1.165) is 35.3 Å². The van der Waals surface area contributed by atoms with Gasteiger partial charge in [0.05, 0.1) is 7.11 Å². The largest absolute Gasteiger partial charge is 0.497 e. The summed E-state index contributed by atoms with van der Waals surface area (Å²) in [6, 6.07) is 8.71. The van der Waals surface area contributed by atoms with E-state index >= 15 is 0 Å². The van der Waals surface area contributed by atoms with E-state index in [4.69, 9.17) is 10.5 Å². The standard InChI is InChI=1S/C20H23F2NO/c1-3-14(23)10-18-16-7-6-15(24-2)8-12(16)4-5-13-9-19(21)20(22)11-17(13)18/h6-9,11,14,18H,3-5,10,23H2,1-2H3. The molecular formula is C20H23F2NO. The minimum absolute atomic E-state index is 0.0176. The van der Waals surface area contributed by atoms with Gasteiger partial charge in [0.1, 0.15) is 5.75 Å². The molecule has 0 aliphatic heterocycles. The van der Waals surface area contributed by atoms with Gasteiger partial charge in [-0.15, -0.1) is 0 Å². The zero-order chi connectivity index (χ0) is 17.3. The van der Waals surface area contributed by atoms with Crippen LogP contribution in [0.25, 0.3) is 0 Å². The first-order valence-electron chi connectivity index (χ1n) is 8.43. The molecule has 24 heavy (non-hydrogen) atoms. The molecule has 0 saturated heterocycles. The SMILES string of the molecule is CCC(N)CC1c2ccc(OC)cc2CCc2cc(F)c(F)cc21. The summed E-state index contributed by atoms with van der Waals surface area (Å²) in [4.78, 5) is 0. The first kappa shape index (κ1) is 16.9. The van der Waals surface area contributed by atoms with Crippen molar-refractivity contribution in [2.75, 3.05) is 7.11 Å². The number of nitrogens with two attached hydrogens (primary N) is 1. The molecule has 0 fully saturated rings. The average Bonchev–Trinajstić information content (AvgIpc) is 2.72. The molecule has 2 aromatic carbocycles. The van der Waals surface area contributed by atoms with Gasteiger partial charge < -0.3 is 10.5 Å². The Morgan fingerprint density at radius 3 is 2.42 bits per heavy atom. The topological polar surface area (TPSA) is 35.2 Å². The highest BCUT2D eigenvalue weighted by Gasteiger charge is 2.27. The first-order valence-corrected chi connectivity index (χ1v) is 8.43. The Morgan fingerprint density at radius 2 is 1.75 bits per heavy atom. The maximum Gasteiger partial charge on any atom is 0.159 e. The number of benzene rings is 2. The quantitative estimate of drug-likeness (QED) is 0.905. The van der Waals surface area contributed by atoms with E-state index < -0.39 is 11.6 Å². The lowest BCUT2D eigenvalue weighted by Gasteiger charge is -2.23. The summed E-state index contributed by atoms with van der Waals surface area (Å²) in [5, 5.41) is 0. The van der Waals surface area contributed by atoms with Crippen LogP contribution >= 0.6 is 0 Å². The van der Waals surface area contributed by atoms with E-state index in [0.29, 0.717) is 12.8 Å². The van der Waals surface area contributed by atoms with Crippen LogP contribution in [0.2, 0.25) is 0 Å². The molecule has 2 nitrogen and oxygen atoms in total. The number of aryl methyl sites for hydroxylation is 2. The number of rotatable bonds is 4. The van der Waals surface area contributed by atoms with Gasteiger partial charge in [0.25, 0.3) is 0 Å². The predicted octanol–water partition coefficient (Wildman–Crippen LogP) is 4.33. The number of fused-ring (bicyclic) bond motifs is 2. The van der Waals surface area contributed by atoms with E-state index in [9.17, 15) is 8.78 Å². The van der Waals surface area contributed by atoms with Crippen LogP contribution < -0.4 is 10.5 Å². The van der Waals surface area contributed by atoms with E-state index in [1.165, 1.54) is 17.7 Å². The van der Waals surface area contributed by atoms with Crippen LogP contribution in [-0.4, -0.2) is 13.2 Å². The summed E-state index contributed by atoms with van der Waals surface area (Å²) < 4.78 is 33.0. The molecule has 2 unspecified atom stereocenters. The Balaban J connectivity index is 2.14. The normalized spacial score (nSPS) is 17.6. The maximum atomic E-state index is 13.9. The van der Waals surface area contributed by atoms with E-state index in [-0.39, 0.29) is 12.0 Å². The summed E-state index contributed by atoms with van der Waals surface area (Å²) >= 11 is 0. The molecule has 0 amide bonds. The minimum atomic E-state index is -0.791. The van der Waals surface area contributed by atoms with Gasteiger partial charge in [-0.3, -0.25) is 0 Å². The van der Waals surface area contributed by atoms with Crippen molar-refractivity contribution in [2.45, 2.75) is 44.6 Å². The van der Waals surface area contributed by atoms with Gasteiger partial charge in [-0.05, 0) is 72.2 Å². The average molecular weight is 331 g/mol. The highest BCUT2D eigenvalue weighted by Crippen LogP contribution is 2.39. The third kappa shape index (κ3) is 3.16. The van der Waals surface area contributed by atoms with Crippen LogP contribution in [0.4, 0.5) is 8.78 Å². The number of methoxy groups -OCH3 is 1. The summed E-state index contributed by atoms with van der Waals surface area (Å²) in [5.41, 5.74) is 10.2. The fourth-order valence-electron chi connectivity index (χ4n) is 3.57. The van der Waals surface area contributed by atoms with E-state index in [1.807, 2.05) is 25.1 Å². The summed E-state index contributed by atoms with van der Waals surface area (Å²) in [7, 11) is 1.64. The van der Waals surface area contributed by atoms with Crippen LogP contribution in [0, 0.1) is 11.6 Å². The Morgan fingerprint density at radius 1 is 1.08 bits per heavy atom. The van der Waals surface area contributed by atoms with Crippen LogP contribution in [0.5, 0.6) is 5.75 Å². The van der Waals surface area contributed by atoms with Gasteiger partial charge >= 0.3 is 0 Å². The maximum absolute atomic E-state index is 13.9. The van der Waals surface area contributed by atoms with Crippen molar-refractivity contribution in [3.63, 3.8) is 0 Å². The zero-order valence-electron chi connectivity index (χ0n) is 14.1. The monoisotopic (exact) mass is 331 g/mol. The molecular weight excluding hydrogens is 308 g/mol. The van der Waals surface area contributed by atoms with Gasteiger partial charge in [0.2, 0.25) is 0 Å². The lowest BCUT2D eigenvalue weighted by atomic mass is 9.83. The molecule has 0 aromatic heterocycles. The van der Waals surface area contributed by atoms with Crippen molar-refractivity contribution in [2.24, 2.45) is 5.73 Å². The fraction of sp³-hybridized carbons (Fsp3) is 0.400. The number of hydrogen-bond donors (Lipinski definition) is 1. The third-order valence-electron chi connectivity index (χ3n) is 5.01. The number of ether oxygens (including phenoxy) is 1. The molecule has 0 radical (unpaired) electrons. The molecule has 2 aromatic rings. The van der Waals surface area contributed by atoms with Gasteiger partial charge in [0.15, 0.2) is 11.6 Å². The Labute approximate surface area is 141 Å². The Hall–Kier alpha value is -1.94. The minimum Gasteiger partial charge on any atom is -0.497 e. The van der Waals surface area contributed by atoms with Crippen molar-refractivity contribution in [3.05, 3.63) is 64.2 Å². The summed E-state index contributed by atoms with van der Waals surface area (Å²) in [5.74, 6) is -0.791. The zero-order valence-corrected chi connectivity index (χ0v) is 14.1. The molecule has 2 N–H and O–H groups in total. The fourth-order valence-corrected chi connectivity index (χ4v) is 3.57. The van der Waals surface area contributed by atoms with E-state index in [1.54, 1.807) is 7.11 Å². The van der Waals surface area contributed by atoms with Gasteiger partial charge in [0, 0.05) is 12.0 Å². The van der Waals surface area contributed by atoms with Crippen molar-refractivity contribution in [3.8, 4) is 5.75 Å². The number of hydrogen-bond acceptors (Lipinski definition) is 2. The smallest absolute Gasteiger partial charge is 0.159 e. The highest BCUT2D eigenvalue weighted by atomic mass is 19.2. The molecule has 1 aliphatic carbocycles. The van der Waals surface area contributed by atoms with Gasteiger partial charge in [-0.25, -0.2) is 8.78 Å². The van der Waals surface area contributed by atoms with Crippen molar-refractivity contribution < 1.29 is 13.5 Å². The van der Waals surface area contributed by atoms with Crippen molar-refractivity contribution >= 4 is 0 Å². The highest BCUT2D eigenvalue weighted by molar-refractivity contribution is 5.48. The summed E-state index contributed by atoms with van der Waals surface area (Å²) in [6.07, 6.45) is 3.03. The van der Waals surface area contributed by atoms with Crippen molar-refractivity contribution in [1.82, 2.24) is 0 Å². The molecule has 0 bridgehead atoms. The third-order valence-corrected chi connectivity index (χ3v) is 5.01. The van der Waals surface area contributed by atoms with Crippen molar-refractivity contribution in [1.29, 1.82) is 0 Å². The first-order chi connectivity index (χ1) is 11.5.